The molecule has 3 aromatic rings. The van der Waals surface area contributed by atoms with Gasteiger partial charge in [-0.1, -0.05) is 0 Å². The molecule has 114 valence electrons. The summed E-state index contributed by atoms with van der Waals surface area (Å²) in [5.74, 6) is -0.553. The highest BCUT2D eigenvalue weighted by atomic mass is 16.1. The summed E-state index contributed by atoms with van der Waals surface area (Å²) in [6, 6.07) is 1.85. The molecule has 9 heteroatoms. The first-order valence-corrected chi connectivity index (χ1v) is 6.16. The predicted octanol–water partition coefficient (Wildman–Crippen LogP) is 0.400. The molecule has 3 aromatic heterocycles. The van der Waals surface area contributed by atoms with Gasteiger partial charge in [-0.3, -0.25) is 24.7 Å². The number of nitrogens with two attached hydrogens (primary N) is 1. The zero-order chi connectivity index (χ0) is 16.8. The third-order valence-corrected chi connectivity index (χ3v) is 1.97. The molecule has 0 aliphatic carbocycles. The first-order valence-electron chi connectivity index (χ1n) is 6.16. The lowest BCUT2D eigenvalue weighted by molar-refractivity contribution is 0.0995. The predicted molar refractivity (Wildman–Crippen MR) is 79.3 cm³/mol. The normalized spacial score (nSPS) is 8.30. The Morgan fingerprint density at radius 3 is 1.61 bits per heavy atom. The highest BCUT2D eigenvalue weighted by molar-refractivity contribution is 5.90. The van der Waals surface area contributed by atoms with Crippen LogP contribution in [0.2, 0.25) is 0 Å². The molecule has 0 fully saturated rings. The van der Waals surface area contributed by atoms with Gasteiger partial charge in [-0.2, -0.15) is 5.26 Å². The first kappa shape index (κ1) is 17.3. The highest BCUT2D eigenvalue weighted by Gasteiger charge is 1.97. The van der Waals surface area contributed by atoms with Gasteiger partial charge in [0.25, 0.3) is 5.91 Å². The van der Waals surface area contributed by atoms with Gasteiger partial charge in [0, 0.05) is 49.6 Å². The van der Waals surface area contributed by atoms with Crippen LogP contribution in [0, 0.1) is 11.3 Å². The number of rotatable bonds is 1. The molecule has 0 atom stereocenters. The van der Waals surface area contributed by atoms with E-state index in [0.717, 1.165) is 0 Å². The summed E-state index contributed by atoms with van der Waals surface area (Å²) in [6.07, 6.45) is 15.2. The van der Waals surface area contributed by atoms with Crippen LogP contribution in [0.3, 0.4) is 0 Å². The minimum absolute atomic E-state index is 0.192. The second-order valence-corrected chi connectivity index (χ2v) is 3.55. The molecule has 0 saturated carbocycles. The van der Waals surface area contributed by atoms with Crippen molar-refractivity contribution in [2.75, 3.05) is 0 Å². The molecule has 3 rings (SSSR count). The Kier molecular flexibility index (Phi) is 8.19. The molecule has 1 amide bonds. The highest BCUT2D eigenvalue weighted by Crippen LogP contribution is 1.85. The largest absolute Gasteiger partial charge is 0.364 e. The van der Waals surface area contributed by atoms with E-state index < -0.39 is 5.91 Å². The van der Waals surface area contributed by atoms with Gasteiger partial charge >= 0.3 is 0 Å². The van der Waals surface area contributed by atoms with E-state index in [9.17, 15) is 4.79 Å². The van der Waals surface area contributed by atoms with Gasteiger partial charge in [0.05, 0.1) is 12.4 Å². The monoisotopic (exact) mass is 308 g/mol. The fourth-order valence-electron chi connectivity index (χ4n) is 1.04. The molecular weight excluding hydrogens is 296 g/mol. The van der Waals surface area contributed by atoms with Gasteiger partial charge in [-0.25, -0.2) is 9.97 Å². The van der Waals surface area contributed by atoms with Crippen LogP contribution >= 0.6 is 0 Å². The zero-order valence-electron chi connectivity index (χ0n) is 11.9. The van der Waals surface area contributed by atoms with E-state index in [1.165, 1.54) is 37.2 Å². The Labute approximate surface area is 131 Å². The number of carbonyl (C=O) groups excluding carboxylic acids is 1. The Balaban J connectivity index is 0.000000176. The van der Waals surface area contributed by atoms with E-state index in [1.54, 1.807) is 24.8 Å². The van der Waals surface area contributed by atoms with E-state index in [-0.39, 0.29) is 5.69 Å². The molecular formula is C14H12N8O. The van der Waals surface area contributed by atoms with Gasteiger partial charge in [-0.05, 0) is 0 Å². The third-order valence-electron chi connectivity index (χ3n) is 1.97. The Bertz CT molecular complexity index is 689. The molecule has 0 aromatic carbocycles. The number of hydrogen-bond acceptors (Lipinski definition) is 8. The van der Waals surface area contributed by atoms with Gasteiger partial charge in [-0.15, -0.1) is 0 Å². The van der Waals surface area contributed by atoms with Crippen LogP contribution in [-0.4, -0.2) is 35.8 Å². The van der Waals surface area contributed by atoms with Gasteiger partial charge in [0.2, 0.25) is 0 Å². The standard InChI is InChI=1S/C5H5N3O.C5H3N3.C4H4N2/c6-5(9)4-3-7-1-2-8-4;6-3-5-4-7-1-2-8-5;1-2-6-4-3-5-1/h1-3H,(H2,6,9);1-2,4H;1-4H. The van der Waals surface area contributed by atoms with Crippen LogP contribution in [0.4, 0.5) is 0 Å². The van der Waals surface area contributed by atoms with Gasteiger partial charge in [0.1, 0.15) is 11.8 Å². The first-order chi connectivity index (χ1) is 11.2. The minimum Gasteiger partial charge on any atom is -0.364 e. The number of aromatic nitrogens is 6. The average Bonchev–Trinajstić information content (AvgIpc) is 2.65. The molecule has 0 radical (unpaired) electrons. The number of hydrogen-bond donors (Lipinski definition) is 1. The number of carbonyl (C=O) groups is 1. The molecule has 0 unspecified atom stereocenters. The average molecular weight is 308 g/mol. The SMILES string of the molecule is N#Cc1cnccn1.NC(=O)c1cnccn1.c1cnccn1. The summed E-state index contributed by atoms with van der Waals surface area (Å²) in [7, 11) is 0. The molecule has 0 saturated heterocycles. The summed E-state index contributed by atoms with van der Waals surface area (Å²) in [6.45, 7) is 0. The maximum Gasteiger partial charge on any atom is 0.268 e. The van der Waals surface area contributed by atoms with Crippen molar-refractivity contribution in [3.8, 4) is 6.07 Å². The fourth-order valence-corrected chi connectivity index (χ4v) is 1.04. The lowest BCUT2D eigenvalue weighted by Crippen LogP contribution is -2.12. The Hall–Kier alpha value is -3.80. The maximum atomic E-state index is 10.3. The quantitative estimate of drug-likeness (QED) is 0.680. The number of nitrogens with zero attached hydrogens (tertiary/aromatic N) is 7. The molecule has 0 spiro atoms. The van der Waals surface area contributed by atoms with E-state index in [4.69, 9.17) is 11.0 Å². The summed E-state index contributed by atoms with van der Waals surface area (Å²) in [5.41, 5.74) is 5.42. The van der Waals surface area contributed by atoms with Crippen molar-refractivity contribution in [3.63, 3.8) is 0 Å². The van der Waals surface area contributed by atoms with Crippen molar-refractivity contribution in [2.45, 2.75) is 0 Å². The Morgan fingerprint density at radius 2 is 1.35 bits per heavy atom. The molecule has 0 aliphatic heterocycles. The molecule has 3 heterocycles. The zero-order valence-corrected chi connectivity index (χ0v) is 11.9. The molecule has 0 bridgehead atoms. The van der Waals surface area contributed by atoms with Gasteiger partial charge in [0.15, 0.2) is 5.69 Å². The lowest BCUT2D eigenvalue weighted by atomic mass is 10.4. The number of amides is 1. The topological polar surface area (TPSA) is 144 Å². The summed E-state index contributed by atoms with van der Waals surface area (Å²) in [4.78, 5) is 32.4. The number of primary amides is 1. The summed E-state index contributed by atoms with van der Waals surface area (Å²) in [5, 5.41) is 8.19. The summed E-state index contributed by atoms with van der Waals surface area (Å²) >= 11 is 0. The van der Waals surface area contributed by atoms with Gasteiger partial charge < -0.3 is 5.73 Å². The molecule has 0 aliphatic rings. The van der Waals surface area contributed by atoms with Crippen LogP contribution in [-0.2, 0) is 0 Å². The van der Waals surface area contributed by atoms with E-state index >= 15 is 0 Å². The fraction of sp³-hybridized carbons (Fsp3) is 0. The second-order valence-electron chi connectivity index (χ2n) is 3.55. The van der Waals surface area contributed by atoms with Crippen molar-refractivity contribution >= 4 is 5.91 Å². The van der Waals surface area contributed by atoms with E-state index in [0.29, 0.717) is 5.69 Å². The Morgan fingerprint density at radius 1 is 0.826 bits per heavy atom. The molecule has 9 nitrogen and oxygen atoms in total. The summed E-state index contributed by atoms with van der Waals surface area (Å²) < 4.78 is 0. The van der Waals surface area contributed by atoms with Crippen molar-refractivity contribution < 1.29 is 4.79 Å². The van der Waals surface area contributed by atoms with Crippen LogP contribution in [0.15, 0.2) is 62.0 Å². The molecule has 2 N–H and O–H groups in total. The van der Waals surface area contributed by atoms with Crippen molar-refractivity contribution in [3.05, 3.63) is 73.4 Å². The van der Waals surface area contributed by atoms with Crippen molar-refractivity contribution in [1.82, 2.24) is 29.9 Å². The third kappa shape index (κ3) is 8.16. The minimum atomic E-state index is -0.553. The smallest absolute Gasteiger partial charge is 0.268 e. The maximum absolute atomic E-state index is 10.3. The molecule has 23 heavy (non-hydrogen) atoms. The van der Waals surface area contributed by atoms with Crippen molar-refractivity contribution in [1.29, 1.82) is 5.26 Å². The van der Waals surface area contributed by atoms with E-state index in [2.05, 4.69) is 29.9 Å². The van der Waals surface area contributed by atoms with Crippen LogP contribution in [0.25, 0.3) is 0 Å². The van der Waals surface area contributed by atoms with Crippen molar-refractivity contribution in [2.24, 2.45) is 5.73 Å². The van der Waals surface area contributed by atoms with E-state index in [1.807, 2.05) is 6.07 Å². The van der Waals surface area contributed by atoms with Crippen LogP contribution < -0.4 is 5.73 Å². The lowest BCUT2D eigenvalue weighted by Gasteiger charge is -1.87. The van der Waals surface area contributed by atoms with Crippen LogP contribution in [0.1, 0.15) is 16.2 Å². The number of nitriles is 1. The van der Waals surface area contributed by atoms with Crippen LogP contribution in [0.5, 0.6) is 0 Å². The second kappa shape index (κ2) is 10.9.